The highest BCUT2D eigenvalue weighted by Gasteiger charge is 2.27. The third kappa shape index (κ3) is 5.74. The third-order valence-corrected chi connectivity index (χ3v) is 4.33. The minimum absolute atomic E-state index is 0.104. The van der Waals surface area contributed by atoms with Gasteiger partial charge in [0.1, 0.15) is 11.8 Å². The lowest BCUT2D eigenvalue weighted by Gasteiger charge is -2.24. The van der Waals surface area contributed by atoms with Gasteiger partial charge in [-0.25, -0.2) is 14.6 Å². The number of nitrogens with one attached hydrogen (secondary N) is 1. The average Bonchev–Trinajstić information content (AvgIpc) is 3.12. The van der Waals surface area contributed by atoms with Crippen molar-refractivity contribution in [2.75, 3.05) is 7.05 Å². The molecule has 1 N–H and O–H groups in total. The molecule has 1 aromatic carbocycles. The van der Waals surface area contributed by atoms with Crippen molar-refractivity contribution < 1.29 is 19.2 Å². The normalized spacial score (nSPS) is 11.7. The molecule has 1 atom stereocenters. The van der Waals surface area contributed by atoms with Gasteiger partial charge >= 0.3 is 12.0 Å². The Morgan fingerprint density at radius 2 is 2.00 bits per heavy atom. The number of hydrogen-bond donors (Lipinski definition) is 1. The van der Waals surface area contributed by atoms with E-state index in [-0.39, 0.29) is 17.4 Å². The van der Waals surface area contributed by atoms with Crippen LogP contribution in [-0.4, -0.2) is 39.9 Å². The van der Waals surface area contributed by atoms with Crippen LogP contribution in [0.3, 0.4) is 0 Å². The number of nitrogens with zero attached hydrogens (tertiary/aromatic N) is 3. The number of hydrogen-bond acceptors (Lipinski definition) is 7. The van der Waals surface area contributed by atoms with Gasteiger partial charge in [0.2, 0.25) is 0 Å². The molecule has 0 aliphatic rings. The van der Waals surface area contributed by atoms with E-state index in [9.17, 15) is 19.7 Å². The second-order valence-corrected chi connectivity index (χ2v) is 6.90. The highest BCUT2D eigenvalue weighted by molar-refractivity contribution is 7.07. The fourth-order valence-corrected chi connectivity index (χ4v) is 2.74. The summed E-state index contributed by atoms with van der Waals surface area (Å²) in [6, 6.07) is 3.86. The maximum Gasteiger partial charge on any atom is 0.334 e. The van der Waals surface area contributed by atoms with Crippen LogP contribution in [0.4, 0.5) is 10.5 Å². The van der Waals surface area contributed by atoms with Crippen LogP contribution in [0.25, 0.3) is 0 Å². The van der Waals surface area contributed by atoms with Crippen LogP contribution in [0.5, 0.6) is 5.75 Å². The zero-order valence-electron chi connectivity index (χ0n) is 15.1. The van der Waals surface area contributed by atoms with Crippen molar-refractivity contribution in [3.05, 3.63) is 51.0 Å². The molecule has 0 bridgehead atoms. The summed E-state index contributed by atoms with van der Waals surface area (Å²) in [6.45, 7) is 3.88. The Balaban J connectivity index is 1.99. The number of rotatable bonds is 7. The van der Waals surface area contributed by atoms with Crippen LogP contribution < -0.4 is 10.1 Å². The fourth-order valence-electron chi connectivity index (χ4n) is 2.19. The molecule has 1 heterocycles. The number of esters is 1. The monoisotopic (exact) mass is 392 g/mol. The van der Waals surface area contributed by atoms with Gasteiger partial charge in [0.05, 0.1) is 22.7 Å². The highest BCUT2D eigenvalue weighted by Crippen LogP contribution is 2.18. The molecule has 144 valence electrons. The van der Waals surface area contributed by atoms with E-state index in [4.69, 9.17) is 4.74 Å². The lowest BCUT2D eigenvalue weighted by molar-refractivity contribution is -0.384. The molecular formula is C17H20N4O5S. The number of benzene rings is 1. The van der Waals surface area contributed by atoms with Crippen molar-refractivity contribution >= 4 is 29.0 Å². The largest absolute Gasteiger partial charge is 0.425 e. The van der Waals surface area contributed by atoms with Crippen LogP contribution >= 0.6 is 11.3 Å². The second-order valence-electron chi connectivity index (χ2n) is 6.18. The zero-order valence-corrected chi connectivity index (χ0v) is 15.9. The number of urea groups is 1. The topological polar surface area (TPSA) is 115 Å². The van der Waals surface area contributed by atoms with Crippen molar-refractivity contribution in [2.24, 2.45) is 5.92 Å². The van der Waals surface area contributed by atoms with Crippen molar-refractivity contribution in [3.8, 4) is 5.75 Å². The number of nitro groups is 1. The first-order chi connectivity index (χ1) is 12.8. The molecule has 10 heteroatoms. The number of nitro benzene ring substituents is 1. The lowest BCUT2D eigenvalue weighted by atomic mass is 10.1. The smallest absolute Gasteiger partial charge is 0.334 e. The molecule has 0 aliphatic carbocycles. The number of amides is 2. The molecule has 0 unspecified atom stereocenters. The number of ether oxygens (including phenoxy) is 1. The van der Waals surface area contributed by atoms with Gasteiger partial charge in [0.15, 0.2) is 0 Å². The summed E-state index contributed by atoms with van der Waals surface area (Å²) in [4.78, 5) is 40.5. The van der Waals surface area contributed by atoms with E-state index < -0.39 is 23.0 Å². The quantitative estimate of drug-likeness (QED) is 0.335. The van der Waals surface area contributed by atoms with Crippen molar-refractivity contribution in [1.82, 2.24) is 15.2 Å². The SMILES string of the molecule is CC(C)[C@H](NC(=O)N(C)Cc1cscn1)C(=O)Oc1ccc([N+](=O)[O-])cc1. The van der Waals surface area contributed by atoms with Crippen molar-refractivity contribution in [1.29, 1.82) is 0 Å². The zero-order chi connectivity index (χ0) is 20.0. The summed E-state index contributed by atoms with van der Waals surface area (Å²) in [5.41, 5.74) is 2.33. The Labute approximate surface area is 160 Å². The third-order valence-electron chi connectivity index (χ3n) is 3.69. The maximum atomic E-state index is 12.4. The van der Waals surface area contributed by atoms with E-state index in [1.54, 1.807) is 26.4 Å². The molecule has 0 fully saturated rings. The highest BCUT2D eigenvalue weighted by atomic mass is 32.1. The molecule has 0 saturated carbocycles. The molecule has 27 heavy (non-hydrogen) atoms. The van der Waals surface area contributed by atoms with E-state index in [0.29, 0.717) is 6.54 Å². The molecular weight excluding hydrogens is 372 g/mol. The molecule has 2 rings (SSSR count). The molecule has 1 aromatic heterocycles. The van der Waals surface area contributed by atoms with E-state index in [0.717, 1.165) is 5.69 Å². The summed E-state index contributed by atoms with van der Waals surface area (Å²) in [5.74, 6) is -0.692. The average molecular weight is 392 g/mol. The van der Waals surface area contributed by atoms with Crippen LogP contribution in [0.15, 0.2) is 35.2 Å². The molecule has 0 aliphatic heterocycles. The second kappa shape index (κ2) is 9.08. The van der Waals surface area contributed by atoms with Crippen LogP contribution in [0.1, 0.15) is 19.5 Å². The molecule has 0 radical (unpaired) electrons. The molecule has 0 saturated heterocycles. The van der Waals surface area contributed by atoms with E-state index in [1.165, 1.54) is 40.5 Å². The van der Waals surface area contributed by atoms with Gasteiger partial charge < -0.3 is 15.0 Å². The number of thiazole rings is 1. The van der Waals surface area contributed by atoms with Crippen molar-refractivity contribution in [3.63, 3.8) is 0 Å². The van der Waals surface area contributed by atoms with Gasteiger partial charge in [-0.1, -0.05) is 13.8 Å². The Morgan fingerprint density at radius 1 is 1.33 bits per heavy atom. The summed E-state index contributed by atoms with van der Waals surface area (Å²) in [6.07, 6.45) is 0. The standard InChI is InChI=1S/C17H20N4O5S/c1-11(2)15(19-17(23)20(3)8-12-9-27-10-18-12)16(22)26-14-6-4-13(5-7-14)21(24)25/h4-7,9-11,15H,8H2,1-3H3,(H,19,23)/t15-/m0/s1. The number of non-ortho nitro benzene ring substituents is 1. The maximum absolute atomic E-state index is 12.4. The van der Waals surface area contributed by atoms with Crippen LogP contribution in [-0.2, 0) is 11.3 Å². The summed E-state index contributed by atoms with van der Waals surface area (Å²) < 4.78 is 5.25. The molecule has 0 spiro atoms. The predicted octanol–water partition coefficient (Wildman–Crippen LogP) is 2.82. The minimum Gasteiger partial charge on any atom is -0.425 e. The number of carbonyl (C=O) groups is 2. The van der Waals surface area contributed by atoms with Gasteiger partial charge in [-0.15, -0.1) is 11.3 Å². The number of carbonyl (C=O) groups excluding carboxylic acids is 2. The van der Waals surface area contributed by atoms with E-state index in [2.05, 4.69) is 10.3 Å². The van der Waals surface area contributed by atoms with Gasteiger partial charge in [0, 0.05) is 24.6 Å². The first-order valence-corrected chi connectivity index (χ1v) is 9.07. The van der Waals surface area contributed by atoms with Gasteiger partial charge in [0.25, 0.3) is 5.69 Å². The number of aromatic nitrogens is 1. The Kier molecular flexibility index (Phi) is 6.83. The van der Waals surface area contributed by atoms with Gasteiger partial charge in [-0.3, -0.25) is 10.1 Å². The van der Waals surface area contributed by atoms with E-state index >= 15 is 0 Å². The summed E-state index contributed by atoms with van der Waals surface area (Å²) in [7, 11) is 1.60. The first-order valence-electron chi connectivity index (χ1n) is 8.12. The van der Waals surface area contributed by atoms with E-state index in [1.807, 2.05) is 5.38 Å². The molecule has 9 nitrogen and oxygen atoms in total. The Bertz CT molecular complexity index is 792. The van der Waals surface area contributed by atoms with Crippen LogP contribution in [0, 0.1) is 16.0 Å². The van der Waals surface area contributed by atoms with Crippen molar-refractivity contribution in [2.45, 2.75) is 26.4 Å². The van der Waals surface area contributed by atoms with Gasteiger partial charge in [-0.05, 0) is 18.1 Å². The lowest BCUT2D eigenvalue weighted by Crippen LogP contribution is -2.50. The summed E-state index contributed by atoms with van der Waals surface area (Å²) >= 11 is 1.44. The fraction of sp³-hybridized carbons (Fsp3) is 0.353. The van der Waals surface area contributed by atoms with Gasteiger partial charge in [-0.2, -0.15) is 0 Å². The Morgan fingerprint density at radius 3 is 2.52 bits per heavy atom. The Hall–Kier alpha value is -3.01. The first kappa shape index (κ1) is 20.3. The molecule has 2 amide bonds. The minimum atomic E-state index is -0.870. The summed E-state index contributed by atoms with van der Waals surface area (Å²) in [5, 5.41) is 15.2. The van der Waals surface area contributed by atoms with Crippen LogP contribution in [0.2, 0.25) is 0 Å². The molecule has 2 aromatic rings. The predicted molar refractivity (Wildman–Crippen MR) is 99.5 cm³/mol.